The van der Waals surface area contributed by atoms with Crippen LogP contribution in [0.3, 0.4) is 0 Å². The van der Waals surface area contributed by atoms with E-state index in [4.69, 9.17) is 5.26 Å². The van der Waals surface area contributed by atoms with Crippen molar-refractivity contribution in [3.05, 3.63) is 48.2 Å². The molecule has 15 heavy (non-hydrogen) atoms. The maximum Gasteiger partial charge on any atom is 0.182 e. The molecule has 0 aliphatic heterocycles. The van der Waals surface area contributed by atoms with Crippen molar-refractivity contribution in [1.29, 1.82) is 5.26 Å². The van der Waals surface area contributed by atoms with Crippen molar-refractivity contribution in [2.45, 2.75) is 0 Å². The van der Waals surface area contributed by atoms with Crippen LogP contribution in [-0.2, 0) is 0 Å². The summed E-state index contributed by atoms with van der Waals surface area (Å²) in [6.07, 6.45) is 0. The van der Waals surface area contributed by atoms with Crippen molar-refractivity contribution in [2.75, 3.05) is 0 Å². The molecule has 1 N–H and O–H groups in total. The van der Waals surface area contributed by atoms with Gasteiger partial charge in [0.2, 0.25) is 0 Å². The number of benzene rings is 1. The van der Waals surface area contributed by atoms with Crippen molar-refractivity contribution < 1.29 is 5.11 Å². The van der Waals surface area contributed by atoms with E-state index >= 15 is 0 Å². The fraction of sp³-hybridized carbons (Fsp3) is 0. The second-order valence-electron chi connectivity index (χ2n) is 3.04. The van der Waals surface area contributed by atoms with Gasteiger partial charge in [0, 0.05) is 5.56 Å². The first-order valence-electron chi connectivity index (χ1n) is 4.47. The highest BCUT2D eigenvalue weighted by atomic mass is 16.3. The number of aromatic hydroxyl groups is 1. The summed E-state index contributed by atoms with van der Waals surface area (Å²) in [4.78, 5) is 4.05. The van der Waals surface area contributed by atoms with Crippen molar-refractivity contribution in [1.82, 2.24) is 4.98 Å². The fourth-order valence-corrected chi connectivity index (χ4v) is 1.30. The van der Waals surface area contributed by atoms with Crippen LogP contribution in [0.15, 0.2) is 42.5 Å². The van der Waals surface area contributed by atoms with Crippen LogP contribution in [0.2, 0.25) is 0 Å². The second kappa shape index (κ2) is 3.81. The summed E-state index contributed by atoms with van der Waals surface area (Å²) in [6, 6.07) is 14.5. The Morgan fingerprint density at radius 1 is 1.07 bits per heavy atom. The quantitative estimate of drug-likeness (QED) is 0.761. The Bertz CT molecular complexity index is 515. The highest BCUT2D eigenvalue weighted by Crippen LogP contribution is 2.21. The van der Waals surface area contributed by atoms with E-state index in [1.165, 1.54) is 6.07 Å². The molecule has 0 aliphatic carbocycles. The lowest BCUT2D eigenvalue weighted by Gasteiger charge is -2.01. The van der Waals surface area contributed by atoms with Gasteiger partial charge in [0.1, 0.15) is 6.07 Å². The first-order chi connectivity index (χ1) is 7.31. The highest BCUT2D eigenvalue weighted by Gasteiger charge is 2.04. The third kappa shape index (κ3) is 1.79. The Hall–Kier alpha value is -2.34. The molecule has 1 aromatic carbocycles. The molecule has 0 spiro atoms. The number of nitriles is 1. The van der Waals surface area contributed by atoms with Crippen molar-refractivity contribution in [2.24, 2.45) is 0 Å². The van der Waals surface area contributed by atoms with E-state index in [9.17, 15) is 5.11 Å². The van der Waals surface area contributed by atoms with E-state index < -0.39 is 0 Å². The zero-order valence-electron chi connectivity index (χ0n) is 7.88. The Labute approximate surface area is 87.3 Å². The minimum absolute atomic E-state index is 0.0522. The third-order valence-electron chi connectivity index (χ3n) is 2.05. The lowest BCUT2D eigenvalue weighted by atomic mass is 10.1. The first kappa shape index (κ1) is 9.22. The minimum atomic E-state index is -0.0859. The van der Waals surface area contributed by atoms with Gasteiger partial charge >= 0.3 is 0 Å². The highest BCUT2D eigenvalue weighted by molar-refractivity contribution is 5.60. The van der Waals surface area contributed by atoms with Gasteiger partial charge < -0.3 is 5.11 Å². The summed E-state index contributed by atoms with van der Waals surface area (Å²) < 4.78 is 0. The lowest BCUT2D eigenvalue weighted by Crippen LogP contribution is -1.87. The largest absolute Gasteiger partial charge is 0.505 e. The number of hydrogen-bond acceptors (Lipinski definition) is 3. The Balaban J connectivity index is 2.52. The topological polar surface area (TPSA) is 56.9 Å². The Morgan fingerprint density at radius 2 is 1.80 bits per heavy atom. The van der Waals surface area contributed by atoms with Crippen molar-refractivity contribution >= 4 is 0 Å². The van der Waals surface area contributed by atoms with Crippen molar-refractivity contribution in [3.8, 4) is 23.1 Å². The molecule has 2 rings (SSSR count). The van der Waals surface area contributed by atoms with Gasteiger partial charge in [0.15, 0.2) is 11.4 Å². The number of pyridine rings is 1. The summed E-state index contributed by atoms with van der Waals surface area (Å²) in [7, 11) is 0. The van der Waals surface area contributed by atoms with Gasteiger partial charge in [-0.05, 0) is 12.1 Å². The normalized spacial score (nSPS) is 9.53. The standard InChI is InChI=1S/C12H8N2O/c13-8-11-12(15)7-6-10(14-11)9-4-2-1-3-5-9/h1-7,15H. The van der Waals surface area contributed by atoms with Crippen LogP contribution < -0.4 is 0 Å². The summed E-state index contributed by atoms with van der Waals surface area (Å²) >= 11 is 0. The molecule has 1 heterocycles. The van der Waals surface area contributed by atoms with Crippen LogP contribution in [0.1, 0.15) is 5.69 Å². The van der Waals surface area contributed by atoms with E-state index in [1.54, 1.807) is 6.07 Å². The molecule has 3 nitrogen and oxygen atoms in total. The average Bonchev–Trinajstić information content (AvgIpc) is 2.31. The van der Waals surface area contributed by atoms with Crippen molar-refractivity contribution in [3.63, 3.8) is 0 Å². The third-order valence-corrected chi connectivity index (χ3v) is 2.05. The Morgan fingerprint density at radius 3 is 2.47 bits per heavy atom. The maximum absolute atomic E-state index is 9.30. The van der Waals surface area contributed by atoms with Crippen LogP contribution in [-0.4, -0.2) is 10.1 Å². The molecule has 0 saturated carbocycles. The van der Waals surface area contributed by atoms with Gasteiger partial charge in [-0.15, -0.1) is 0 Å². The van der Waals surface area contributed by atoms with Gasteiger partial charge in [0.25, 0.3) is 0 Å². The molecule has 0 radical (unpaired) electrons. The number of aromatic nitrogens is 1. The second-order valence-corrected chi connectivity index (χ2v) is 3.04. The van der Waals surface area contributed by atoms with Crippen LogP contribution in [0.4, 0.5) is 0 Å². The van der Waals surface area contributed by atoms with Gasteiger partial charge in [-0.1, -0.05) is 30.3 Å². The SMILES string of the molecule is N#Cc1nc(-c2ccccc2)ccc1O. The molecule has 0 bridgehead atoms. The van der Waals surface area contributed by atoms with Gasteiger partial charge in [-0.25, -0.2) is 4.98 Å². The molecule has 3 heteroatoms. The zero-order chi connectivity index (χ0) is 10.7. The average molecular weight is 196 g/mol. The maximum atomic E-state index is 9.30. The molecule has 72 valence electrons. The minimum Gasteiger partial charge on any atom is -0.505 e. The summed E-state index contributed by atoms with van der Waals surface area (Å²) in [5, 5.41) is 18.0. The molecule has 0 unspecified atom stereocenters. The molecule has 0 amide bonds. The molecule has 0 atom stereocenters. The van der Waals surface area contributed by atoms with E-state index in [1.807, 2.05) is 36.4 Å². The monoisotopic (exact) mass is 196 g/mol. The van der Waals surface area contributed by atoms with Gasteiger partial charge in [-0.2, -0.15) is 5.26 Å². The zero-order valence-corrected chi connectivity index (χ0v) is 7.88. The molecule has 2 aromatic rings. The van der Waals surface area contributed by atoms with E-state index in [-0.39, 0.29) is 11.4 Å². The summed E-state index contributed by atoms with van der Waals surface area (Å²) in [5.74, 6) is -0.0859. The first-order valence-corrected chi connectivity index (χ1v) is 4.47. The van der Waals surface area contributed by atoms with E-state index in [2.05, 4.69) is 4.98 Å². The molecule has 0 saturated heterocycles. The molecule has 0 fully saturated rings. The molecular weight excluding hydrogens is 188 g/mol. The lowest BCUT2D eigenvalue weighted by molar-refractivity contribution is 0.471. The Kier molecular flexibility index (Phi) is 2.34. The fourth-order valence-electron chi connectivity index (χ4n) is 1.30. The predicted octanol–water partition coefficient (Wildman–Crippen LogP) is 2.33. The summed E-state index contributed by atoms with van der Waals surface area (Å²) in [6.45, 7) is 0. The van der Waals surface area contributed by atoms with E-state index in [0.717, 1.165) is 5.56 Å². The van der Waals surface area contributed by atoms with E-state index in [0.29, 0.717) is 5.69 Å². The van der Waals surface area contributed by atoms with Crippen LogP contribution >= 0.6 is 0 Å². The predicted molar refractivity (Wildman–Crippen MR) is 56.1 cm³/mol. The molecule has 0 aliphatic rings. The van der Waals surface area contributed by atoms with Crippen LogP contribution in [0.25, 0.3) is 11.3 Å². The van der Waals surface area contributed by atoms with Gasteiger partial charge in [-0.3, -0.25) is 0 Å². The number of nitrogens with zero attached hydrogens (tertiary/aromatic N) is 2. The smallest absolute Gasteiger partial charge is 0.182 e. The summed E-state index contributed by atoms with van der Waals surface area (Å²) in [5.41, 5.74) is 1.66. The van der Waals surface area contributed by atoms with Crippen LogP contribution in [0.5, 0.6) is 5.75 Å². The number of hydrogen-bond donors (Lipinski definition) is 1. The molecular formula is C12H8N2O. The van der Waals surface area contributed by atoms with Gasteiger partial charge in [0.05, 0.1) is 5.69 Å². The number of rotatable bonds is 1. The molecule has 1 aromatic heterocycles. The van der Waals surface area contributed by atoms with Crippen LogP contribution in [0, 0.1) is 11.3 Å².